The number of aromatic nitrogens is 2. The summed E-state index contributed by atoms with van der Waals surface area (Å²) < 4.78 is 7.45. The fourth-order valence-corrected chi connectivity index (χ4v) is 4.22. The first-order valence-electron chi connectivity index (χ1n) is 11.6. The van der Waals surface area contributed by atoms with Crippen LogP contribution in [0.2, 0.25) is 0 Å². The Morgan fingerprint density at radius 3 is 2.41 bits per heavy atom. The lowest BCUT2D eigenvalue weighted by Crippen LogP contribution is -2.46. The Hall–Kier alpha value is -2.83. The molecule has 0 saturated carbocycles. The Morgan fingerprint density at radius 1 is 1.16 bits per heavy atom. The van der Waals surface area contributed by atoms with Gasteiger partial charge in [-0.3, -0.25) is 14.3 Å². The van der Waals surface area contributed by atoms with Crippen molar-refractivity contribution in [2.45, 2.75) is 66.5 Å². The first-order valence-corrected chi connectivity index (χ1v) is 11.6. The summed E-state index contributed by atoms with van der Waals surface area (Å²) in [5, 5.41) is 7.77. The Bertz CT molecular complexity index is 925. The molecule has 174 valence electrons. The lowest BCUT2D eigenvalue weighted by molar-refractivity contribution is -0.121. The van der Waals surface area contributed by atoms with Crippen LogP contribution in [0.5, 0.6) is 5.75 Å². The van der Waals surface area contributed by atoms with Gasteiger partial charge in [-0.15, -0.1) is 0 Å². The quantitative estimate of drug-likeness (QED) is 0.681. The molecule has 1 aromatic carbocycles. The summed E-state index contributed by atoms with van der Waals surface area (Å²) in [6.07, 6.45) is 1.87. The molecule has 0 spiro atoms. The maximum atomic E-state index is 12.8. The number of benzene rings is 1. The van der Waals surface area contributed by atoms with Crippen LogP contribution in [0.25, 0.3) is 0 Å². The van der Waals surface area contributed by atoms with Gasteiger partial charge in [0.15, 0.2) is 0 Å². The average molecular weight is 441 g/mol. The zero-order valence-corrected chi connectivity index (χ0v) is 20.0. The van der Waals surface area contributed by atoms with E-state index in [1.807, 2.05) is 54.6 Å². The molecule has 32 heavy (non-hydrogen) atoms. The van der Waals surface area contributed by atoms with Crippen LogP contribution < -0.4 is 10.1 Å². The van der Waals surface area contributed by atoms with Crippen molar-refractivity contribution in [2.75, 3.05) is 19.7 Å². The Labute approximate surface area is 191 Å². The van der Waals surface area contributed by atoms with Gasteiger partial charge in [-0.25, -0.2) is 0 Å². The standard InChI is InChI=1S/C25H36N4O3/c1-6-32-22-9-7-20(8-10-22)25(31)28-13-11-21(12-14-28)26-24(30)15-23-18(4)27-29(19(23)5)16-17(2)3/h7-10,17,21H,6,11-16H2,1-5H3,(H,26,30). The van der Waals surface area contributed by atoms with E-state index in [-0.39, 0.29) is 17.9 Å². The van der Waals surface area contributed by atoms with Gasteiger partial charge in [-0.05, 0) is 63.8 Å². The summed E-state index contributed by atoms with van der Waals surface area (Å²) in [7, 11) is 0. The van der Waals surface area contributed by atoms with E-state index in [0.29, 0.717) is 37.6 Å². The predicted molar refractivity (Wildman–Crippen MR) is 125 cm³/mol. The molecule has 1 aliphatic rings. The van der Waals surface area contributed by atoms with Crippen molar-refractivity contribution in [2.24, 2.45) is 5.92 Å². The third-order valence-corrected chi connectivity index (χ3v) is 5.97. The van der Waals surface area contributed by atoms with Crippen LogP contribution >= 0.6 is 0 Å². The zero-order valence-electron chi connectivity index (χ0n) is 20.0. The average Bonchev–Trinajstić information content (AvgIpc) is 3.01. The number of amides is 2. The molecule has 0 radical (unpaired) electrons. The Kier molecular flexibility index (Phi) is 7.94. The van der Waals surface area contributed by atoms with Crippen molar-refractivity contribution < 1.29 is 14.3 Å². The molecule has 3 rings (SSSR count). The first kappa shape index (κ1) is 23.8. The number of carbonyl (C=O) groups is 2. The predicted octanol–water partition coefficient (Wildman–Crippen LogP) is 3.52. The lowest BCUT2D eigenvalue weighted by Gasteiger charge is -2.32. The molecular weight excluding hydrogens is 404 g/mol. The fourth-order valence-electron chi connectivity index (χ4n) is 4.22. The van der Waals surface area contributed by atoms with E-state index in [2.05, 4.69) is 24.3 Å². The molecule has 7 heteroatoms. The Balaban J connectivity index is 1.50. The highest BCUT2D eigenvalue weighted by Gasteiger charge is 2.25. The van der Waals surface area contributed by atoms with E-state index in [4.69, 9.17) is 4.74 Å². The molecule has 2 heterocycles. The van der Waals surface area contributed by atoms with Crippen LogP contribution in [-0.2, 0) is 17.8 Å². The van der Waals surface area contributed by atoms with Gasteiger partial charge in [0.05, 0.1) is 18.7 Å². The van der Waals surface area contributed by atoms with E-state index in [1.54, 1.807) is 0 Å². The molecule has 2 amide bonds. The molecule has 2 aromatic rings. The lowest BCUT2D eigenvalue weighted by atomic mass is 10.0. The highest BCUT2D eigenvalue weighted by Crippen LogP contribution is 2.19. The summed E-state index contributed by atoms with van der Waals surface area (Å²) >= 11 is 0. The number of aryl methyl sites for hydroxylation is 1. The zero-order chi connectivity index (χ0) is 23.3. The normalized spacial score (nSPS) is 14.6. The van der Waals surface area contributed by atoms with Crippen LogP contribution in [0, 0.1) is 19.8 Å². The second kappa shape index (κ2) is 10.7. The van der Waals surface area contributed by atoms with Crippen LogP contribution in [-0.4, -0.2) is 52.2 Å². The molecule has 0 aliphatic carbocycles. The van der Waals surface area contributed by atoms with Gasteiger partial charge in [0.1, 0.15) is 5.75 Å². The largest absolute Gasteiger partial charge is 0.494 e. The number of nitrogens with zero attached hydrogens (tertiary/aromatic N) is 3. The third-order valence-electron chi connectivity index (χ3n) is 5.97. The minimum Gasteiger partial charge on any atom is -0.494 e. The number of nitrogens with one attached hydrogen (secondary N) is 1. The molecule has 1 aliphatic heterocycles. The monoisotopic (exact) mass is 440 g/mol. The molecule has 0 unspecified atom stereocenters. The van der Waals surface area contributed by atoms with Crippen LogP contribution in [0.1, 0.15) is 60.9 Å². The van der Waals surface area contributed by atoms with Crippen molar-refractivity contribution in [3.8, 4) is 5.75 Å². The van der Waals surface area contributed by atoms with Crippen LogP contribution in [0.4, 0.5) is 0 Å². The molecule has 0 atom stereocenters. The number of carbonyl (C=O) groups excluding carboxylic acids is 2. The minimum atomic E-state index is 0.0246. The van der Waals surface area contributed by atoms with Gasteiger partial charge in [-0.2, -0.15) is 5.10 Å². The van der Waals surface area contributed by atoms with Gasteiger partial charge < -0.3 is 15.0 Å². The summed E-state index contributed by atoms with van der Waals surface area (Å²) in [6, 6.07) is 7.38. The molecule has 1 saturated heterocycles. The van der Waals surface area contributed by atoms with Crippen molar-refractivity contribution in [1.82, 2.24) is 20.0 Å². The summed E-state index contributed by atoms with van der Waals surface area (Å²) in [5.74, 6) is 1.33. The van der Waals surface area contributed by atoms with Gasteiger partial charge in [0.2, 0.25) is 5.91 Å². The van der Waals surface area contributed by atoms with Gasteiger partial charge in [0, 0.05) is 42.5 Å². The molecule has 1 N–H and O–H groups in total. The number of hydrogen-bond acceptors (Lipinski definition) is 4. The van der Waals surface area contributed by atoms with E-state index in [0.717, 1.165) is 42.1 Å². The SMILES string of the molecule is CCOc1ccc(C(=O)N2CCC(NC(=O)Cc3c(C)nn(CC(C)C)c3C)CC2)cc1. The van der Waals surface area contributed by atoms with Crippen molar-refractivity contribution in [3.63, 3.8) is 0 Å². The van der Waals surface area contributed by atoms with Crippen molar-refractivity contribution in [3.05, 3.63) is 46.8 Å². The van der Waals surface area contributed by atoms with Crippen molar-refractivity contribution in [1.29, 1.82) is 0 Å². The van der Waals surface area contributed by atoms with Gasteiger partial charge >= 0.3 is 0 Å². The van der Waals surface area contributed by atoms with Gasteiger partial charge in [-0.1, -0.05) is 13.8 Å². The number of ether oxygens (including phenoxy) is 1. The molecule has 1 aromatic heterocycles. The number of rotatable bonds is 8. The summed E-state index contributed by atoms with van der Waals surface area (Å²) in [5.41, 5.74) is 3.68. The van der Waals surface area contributed by atoms with Crippen LogP contribution in [0.15, 0.2) is 24.3 Å². The number of piperidine rings is 1. The highest BCUT2D eigenvalue weighted by atomic mass is 16.5. The molecule has 0 bridgehead atoms. The Morgan fingerprint density at radius 2 is 1.81 bits per heavy atom. The van der Waals surface area contributed by atoms with E-state index in [9.17, 15) is 9.59 Å². The topological polar surface area (TPSA) is 76.5 Å². The van der Waals surface area contributed by atoms with E-state index in [1.165, 1.54) is 0 Å². The second-order valence-corrected chi connectivity index (χ2v) is 8.99. The number of likely N-dealkylation sites (tertiary alicyclic amines) is 1. The van der Waals surface area contributed by atoms with E-state index >= 15 is 0 Å². The number of hydrogen-bond donors (Lipinski definition) is 1. The van der Waals surface area contributed by atoms with E-state index < -0.39 is 0 Å². The minimum absolute atomic E-state index is 0.0246. The van der Waals surface area contributed by atoms with Crippen molar-refractivity contribution >= 4 is 11.8 Å². The first-order chi connectivity index (χ1) is 15.3. The fraction of sp³-hybridized carbons (Fsp3) is 0.560. The van der Waals surface area contributed by atoms with Crippen LogP contribution in [0.3, 0.4) is 0 Å². The molecule has 1 fully saturated rings. The summed E-state index contributed by atoms with van der Waals surface area (Å²) in [4.78, 5) is 27.3. The smallest absolute Gasteiger partial charge is 0.253 e. The third kappa shape index (κ3) is 5.90. The molecule has 7 nitrogen and oxygen atoms in total. The van der Waals surface area contributed by atoms with Gasteiger partial charge in [0.25, 0.3) is 5.91 Å². The highest BCUT2D eigenvalue weighted by molar-refractivity contribution is 5.94. The molecular formula is C25H36N4O3. The maximum Gasteiger partial charge on any atom is 0.253 e. The summed E-state index contributed by atoms with van der Waals surface area (Å²) in [6.45, 7) is 13.0. The maximum absolute atomic E-state index is 12.8. The second-order valence-electron chi connectivity index (χ2n) is 8.99.